The maximum atomic E-state index is 6.02. The largest absolute Gasteiger partial charge is 0.380 e. The Morgan fingerprint density at radius 2 is 2.22 bits per heavy atom. The predicted octanol–water partition coefficient (Wildman–Crippen LogP) is 4.21. The highest BCUT2D eigenvalue weighted by Crippen LogP contribution is 2.49. The Labute approximate surface area is 111 Å². The first-order valence-corrected chi connectivity index (χ1v) is 7.44. The van der Waals surface area contributed by atoms with Gasteiger partial charge in [0.25, 0.3) is 0 Å². The van der Waals surface area contributed by atoms with Crippen molar-refractivity contribution in [2.75, 3.05) is 5.73 Å². The van der Waals surface area contributed by atoms with Crippen molar-refractivity contribution < 1.29 is 4.52 Å². The number of hydrogen-bond acceptors (Lipinski definition) is 4. The molecule has 2 aromatic heterocycles. The molecule has 0 unspecified atom stereocenters. The zero-order valence-electron chi connectivity index (χ0n) is 10.6. The lowest BCUT2D eigenvalue weighted by Crippen LogP contribution is -2.20. The maximum Gasteiger partial charge on any atom is 0.175 e. The summed E-state index contributed by atoms with van der Waals surface area (Å²) < 4.78 is 5.63. The van der Waals surface area contributed by atoms with Crippen LogP contribution in [0.25, 0.3) is 10.4 Å². The van der Waals surface area contributed by atoms with Gasteiger partial charge < -0.3 is 10.3 Å². The average molecular weight is 262 g/mol. The van der Waals surface area contributed by atoms with Crippen molar-refractivity contribution in [2.24, 2.45) is 0 Å². The zero-order chi connectivity index (χ0) is 12.6. The lowest BCUT2D eigenvalue weighted by molar-refractivity contribution is 0.284. The number of nitrogen functional groups attached to an aromatic ring is 1. The fourth-order valence-electron chi connectivity index (χ4n) is 3.12. The summed E-state index contributed by atoms with van der Waals surface area (Å²) in [5, 5.41) is 6.09. The SMILES string of the molecule is CCC1(c2onc(N)c2-c2cccs2)CCCC1. The van der Waals surface area contributed by atoms with Crippen LogP contribution in [0, 0.1) is 0 Å². The van der Waals surface area contributed by atoms with Gasteiger partial charge in [0.05, 0.1) is 5.56 Å². The molecule has 2 N–H and O–H groups in total. The molecule has 0 saturated heterocycles. The van der Waals surface area contributed by atoms with Crippen molar-refractivity contribution in [3.05, 3.63) is 23.3 Å². The number of rotatable bonds is 3. The number of nitrogens with zero attached hydrogens (tertiary/aromatic N) is 1. The highest BCUT2D eigenvalue weighted by molar-refractivity contribution is 7.13. The van der Waals surface area contributed by atoms with Crippen LogP contribution in [0.5, 0.6) is 0 Å². The van der Waals surface area contributed by atoms with E-state index in [1.807, 2.05) is 6.07 Å². The molecule has 3 rings (SSSR count). The van der Waals surface area contributed by atoms with E-state index in [1.54, 1.807) is 11.3 Å². The van der Waals surface area contributed by atoms with Crippen molar-refractivity contribution in [2.45, 2.75) is 44.4 Å². The Morgan fingerprint density at radius 1 is 1.44 bits per heavy atom. The summed E-state index contributed by atoms with van der Waals surface area (Å²) in [6.45, 7) is 2.24. The van der Waals surface area contributed by atoms with E-state index in [4.69, 9.17) is 10.3 Å². The topological polar surface area (TPSA) is 52.0 Å². The van der Waals surface area contributed by atoms with Crippen LogP contribution in [0.4, 0.5) is 5.82 Å². The normalized spacial score (nSPS) is 18.3. The molecule has 0 radical (unpaired) electrons. The third kappa shape index (κ3) is 1.67. The monoisotopic (exact) mass is 262 g/mol. The fraction of sp³-hybridized carbons (Fsp3) is 0.500. The van der Waals surface area contributed by atoms with Gasteiger partial charge in [0.1, 0.15) is 0 Å². The second-order valence-electron chi connectivity index (χ2n) is 5.09. The van der Waals surface area contributed by atoms with E-state index in [0.29, 0.717) is 5.82 Å². The molecule has 0 aliphatic heterocycles. The second kappa shape index (κ2) is 4.43. The van der Waals surface area contributed by atoms with Gasteiger partial charge in [-0.15, -0.1) is 11.3 Å². The van der Waals surface area contributed by atoms with Crippen molar-refractivity contribution in [3.8, 4) is 10.4 Å². The Balaban J connectivity index is 2.13. The van der Waals surface area contributed by atoms with Crippen LogP contribution in [0.3, 0.4) is 0 Å². The number of nitrogens with two attached hydrogens (primary N) is 1. The first kappa shape index (κ1) is 11.8. The van der Waals surface area contributed by atoms with E-state index in [2.05, 4.69) is 23.5 Å². The van der Waals surface area contributed by atoms with Gasteiger partial charge in [-0.2, -0.15) is 0 Å². The molecular formula is C14H18N2OS. The van der Waals surface area contributed by atoms with Crippen molar-refractivity contribution in [1.29, 1.82) is 0 Å². The van der Waals surface area contributed by atoms with Gasteiger partial charge in [0, 0.05) is 10.3 Å². The molecule has 1 saturated carbocycles. The lowest BCUT2D eigenvalue weighted by Gasteiger charge is -2.25. The van der Waals surface area contributed by atoms with Gasteiger partial charge in [-0.25, -0.2) is 0 Å². The summed E-state index contributed by atoms with van der Waals surface area (Å²) in [6, 6.07) is 4.14. The van der Waals surface area contributed by atoms with Crippen LogP contribution in [-0.2, 0) is 5.41 Å². The van der Waals surface area contributed by atoms with Gasteiger partial charge in [0.2, 0.25) is 0 Å². The van der Waals surface area contributed by atoms with Crippen molar-refractivity contribution in [1.82, 2.24) is 5.16 Å². The molecule has 1 aliphatic rings. The number of anilines is 1. The van der Waals surface area contributed by atoms with E-state index >= 15 is 0 Å². The van der Waals surface area contributed by atoms with E-state index in [-0.39, 0.29) is 5.41 Å². The predicted molar refractivity (Wildman–Crippen MR) is 74.7 cm³/mol. The quantitative estimate of drug-likeness (QED) is 0.901. The minimum absolute atomic E-state index is 0.157. The highest BCUT2D eigenvalue weighted by atomic mass is 32.1. The summed E-state index contributed by atoms with van der Waals surface area (Å²) in [7, 11) is 0. The van der Waals surface area contributed by atoms with Gasteiger partial charge in [-0.05, 0) is 30.7 Å². The van der Waals surface area contributed by atoms with Gasteiger partial charge in [-0.3, -0.25) is 0 Å². The minimum Gasteiger partial charge on any atom is -0.380 e. The molecular weight excluding hydrogens is 244 g/mol. The summed E-state index contributed by atoms with van der Waals surface area (Å²) in [5.41, 5.74) is 7.21. The second-order valence-corrected chi connectivity index (χ2v) is 6.04. The molecule has 18 heavy (non-hydrogen) atoms. The molecule has 0 spiro atoms. The molecule has 0 amide bonds. The van der Waals surface area contributed by atoms with Crippen LogP contribution in [0.1, 0.15) is 44.8 Å². The Kier molecular flexibility index (Phi) is 2.90. The van der Waals surface area contributed by atoms with Crippen LogP contribution in [-0.4, -0.2) is 5.16 Å². The summed E-state index contributed by atoms with van der Waals surface area (Å²) in [5.74, 6) is 1.55. The van der Waals surface area contributed by atoms with E-state index in [1.165, 1.54) is 30.6 Å². The highest BCUT2D eigenvalue weighted by Gasteiger charge is 2.40. The van der Waals surface area contributed by atoms with Crippen LogP contribution in [0.15, 0.2) is 22.0 Å². The number of thiophene rings is 1. The molecule has 1 fully saturated rings. The first-order valence-electron chi connectivity index (χ1n) is 6.56. The smallest absolute Gasteiger partial charge is 0.175 e. The van der Waals surface area contributed by atoms with Gasteiger partial charge in [0.15, 0.2) is 11.6 Å². The van der Waals surface area contributed by atoms with Crippen molar-refractivity contribution in [3.63, 3.8) is 0 Å². The number of aromatic nitrogens is 1. The standard InChI is InChI=1S/C14H18N2OS/c1-2-14(7-3-4-8-14)12-11(13(15)16-17-12)10-6-5-9-18-10/h5-6,9H,2-4,7-8H2,1H3,(H2,15,16). The van der Waals surface area contributed by atoms with E-state index in [0.717, 1.165) is 17.7 Å². The van der Waals surface area contributed by atoms with E-state index < -0.39 is 0 Å². The fourth-order valence-corrected chi connectivity index (χ4v) is 3.89. The molecule has 2 heterocycles. The van der Waals surface area contributed by atoms with Crippen LogP contribution >= 0.6 is 11.3 Å². The van der Waals surface area contributed by atoms with Gasteiger partial charge >= 0.3 is 0 Å². The summed E-state index contributed by atoms with van der Waals surface area (Å²) in [6.07, 6.45) is 6.03. The Bertz CT molecular complexity index is 524. The Morgan fingerprint density at radius 3 is 2.83 bits per heavy atom. The van der Waals surface area contributed by atoms with E-state index in [9.17, 15) is 0 Å². The molecule has 2 aromatic rings. The zero-order valence-corrected chi connectivity index (χ0v) is 11.4. The summed E-state index contributed by atoms with van der Waals surface area (Å²) in [4.78, 5) is 1.17. The molecule has 0 bridgehead atoms. The van der Waals surface area contributed by atoms with Gasteiger partial charge in [-0.1, -0.05) is 31.0 Å². The minimum atomic E-state index is 0.157. The number of hydrogen-bond donors (Lipinski definition) is 1. The molecule has 4 heteroatoms. The third-order valence-corrected chi connectivity index (χ3v) is 5.09. The Hall–Kier alpha value is -1.29. The maximum absolute atomic E-state index is 6.02. The molecule has 3 nitrogen and oxygen atoms in total. The first-order chi connectivity index (χ1) is 8.77. The summed E-state index contributed by atoms with van der Waals surface area (Å²) >= 11 is 1.70. The molecule has 1 aliphatic carbocycles. The van der Waals surface area contributed by atoms with Crippen molar-refractivity contribution >= 4 is 17.2 Å². The average Bonchev–Trinajstić information content (AvgIpc) is 3.08. The third-order valence-electron chi connectivity index (χ3n) is 4.21. The van der Waals surface area contributed by atoms with Crippen LogP contribution < -0.4 is 5.73 Å². The molecule has 96 valence electrons. The lowest BCUT2D eigenvalue weighted by atomic mass is 9.79. The van der Waals surface area contributed by atoms with Crippen LogP contribution in [0.2, 0.25) is 0 Å². The molecule has 0 atom stereocenters. The molecule has 0 aromatic carbocycles.